The highest BCUT2D eigenvalue weighted by molar-refractivity contribution is 7.80. The van der Waals surface area contributed by atoms with Gasteiger partial charge in [-0.15, -0.1) is 20.4 Å². The number of benzene rings is 1. The fourth-order valence-electron chi connectivity index (χ4n) is 2.87. The molecular weight excluding hydrogens is 394 g/mol. The Bertz CT molecular complexity index is 1160. The van der Waals surface area contributed by atoms with Gasteiger partial charge in [-0.1, -0.05) is 6.07 Å². The first-order chi connectivity index (χ1) is 14.1. The Morgan fingerprint density at radius 1 is 1.14 bits per heavy atom. The predicted molar refractivity (Wildman–Crippen MR) is 106 cm³/mol. The zero-order valence-electron chi connectivity index (χ0n) is 15.2. The summed E-state index contributed by atoms with van der Waals surface area (Å²) in [5.41, 5.74) is 1.27. The van der Waals surface area contributed by atoms with Crippen LogP contribution >= 0.6 is 12.6 Å². The molecule has 4 rings (SSSR count). The number of hydrogen-bond donors (Lipinski definition) is 1. The molecule has 10 nitrogen and oxygen atoms in total. The molecule has 0 N–H and O–H groups in total. The van der Waals surface area contributed by atoms with Gasteiger partial charge in [0, 0.05) is 42.2 Å². The van der Waals surface area contributed by atoms with Crippen LogP contribution in [0.5, 0.6) is 0 Å². The monoisotopic (exact) mass is 409 g/mol. The lowest BCUT2D eigenvalue weighted by Gasteiger charge is -2.10. The molecule has 0 aliphatic carbocycles. The van der Waals surface area contributed by atoms with Crippen LogP contribution in [-0.4, -0.2) is 34.9 Å². The van der Waals surface area contributed by atoms with Crippen molar-refractivity contribution in [3.63, 3.8) is 0 Å². The molecule has 0 amide bonds. The van der Waals surface area contributed by atoms with Crippen molar-refractivity contribution in [2.45, 2.75) is 18.7 Å². The van der Waals surface area contributed by atoms with E-state index in [0.29, 0.717) is 23.8 Å². The molecule has 1 unspecified atom stereocenters. The van der Waals surface area contributed by atoms with Crippen LogP contribution in [0.4, 0.5) is 5.69 Å². The van der Waals surface area contributed by atoms with E-state index in [2.05, 4.69) is 38.0 Å². The third-order valence-electron chi connectivity index (χ3n) is 4.26. The van der Waals surface area contributed by atoms with Crippen molar-refractivity contribution in [2.75, 3.05) is 0 Å². The molecule has 0 bridgehead atoms. The standard InChI is InChI=1S/C18H15N7O3S/c1-2-24-15(11-6-8-19-9-7-11)20-21-16(24)14(29)18-23-22-17(28-18)12-4-3-5-13(10-12)25(26)27/h3-10,14,29H,2H2,1H3. The molecule has 0 saturated heterocycles. The van der Waals surface area contributed by atoms with Gasteiger partial charge in [0.1, 0.15) is 5.25 Å². The van der Waals surface area contributed by atoms with Gasteiger partial charge in [0.15, 0.2) is 11.6 Å². The smallest absolute Gasteiger partial charge is 0.270 e. The first-order valence-corrected chi connectivity index (χ1v) is 9.20. The van der Waals surface area contributed by atoms with E-state index in [1.54, 1.807) is 24.5 Å². The van der Waals surface area contributed by atoms with Crippen LogP contribution in [0.1, 0.15) is 23.9 Å². The lowest BCUT2D eigenvalue weighted by Crippen LogP contribution is -2.07. The molecule has 3 aromatic heterocycles. The quantitative estimate of drug-likeness (QED) is 0.292. The summed E-state index contributed by atoms with van der Waals surface area (Å²) in [6.45, 7) is 2.59. The molecule has 0 spiro atoms. The summed E-state index contributed by atoms with van der Waals surface area (Å²) in [4.78, 5) is 14.5. The minimum Gasteiger partial charge on any atom is -0.419 e. The summed E-state index contributed by atoms with van der Waals surface area (Å²) < 4.78 is 7.63. The third-order valence-corrected chi connectivity index (χ3v) is 4.71. The summed E-state index contributed by atoms with van der Waals surface area (Å²) in [7, 11) is 0. The van der Waals surface area contributed by atoms with Gasteiger partial charge in [0.05, 0.1) is 4.92 Å². The average molecular weight is 409 g/mol. The van der Waals surface area contributed by atoms with E-state index < -0.39 is 10.2 Å². The summed E-state index contributed by atoms with van der Waals surface area (Å²) >= 11 is 4.60. The van der Waals surface area contributed by atoms with Crippen molar-refractivity contribution >= 4 is 18.3 Å². The Kier molecular flexibility index (Phi) is 5.04. The normalized spacial score (nSPS) is 12.1. The van der Waals surface area contributed by atoms with Crippen LogP contribution in [0, 0.1) is 10.1 Å². The van der Waals surface area contributed by atoms with E-state index in [1.165, 1.54) is 12.1 Å². The topological polar surface area (TPSA) is 126 Å². The minimum atomic E-state index is -0.613. The lowest BCUT2D eigenvalue weighted by molar-refractivity contribution is -0.384. The van der Waals surface area contributed by atoms with Gasteiger partial charge in [-0.2, -0.15) is 12.6 Å². The zero-order valence-corrected chi connectivity index (χ0v) is 16.1. The SMILES string of the molecule is CCn1c(-c2ccncc2)nnc1C(S)c1nnc(-c2cccc([N+](=O)[O-])c2)o1. The lowest BCUT2D eigenvalue weighted by atomic mass is 10.2. The second kappa shape index (κ2) is 7.80. The molecule has 1 aromatic carbocycles. The van der Waals surface area contributed by atoms with Crippen molar-refractivity contribution in [1.29, 1.82) is 0 Å². The second-order valence-corrected chi connectivity index (χ2v) is 6.53. The molecule has 0 radical (unpaired) electrons. The number of non-ortho nitro benzene ring substituents is 1. The van der Waals surface area contributed by atoms with Crippen LogP contribution in [-0.2, 0) is 6.54 Å². The van der Waals surface area contributed by atoms with Crippen molar-refractivity contribution in [3.05, 3.63) is 70.6 Å². The molecular formula is C18H15N7O3S. The number of rotatable bonds is 6. The molecule has 0 fully saturated rings. The van der Waals surface area contributed by atoms with Crippen molar-refractivity contribution in [2.24, 2.45) is 0 Å². The van der Waals surface area contributed by atoms with E-state index in [-0.39, 0.29) is 17.5 Å². The predicted octanol–water partition coefficient (Wildman–Crippen LogP) is 3.34. The maximum absolute atomic E-state index is 11.0. The second-order valence-electron chi connectivity index (χ2n) is 6.02. The zero-order chi connectivity index (χ0) is 20.4. The average Bonchev–Trinajstić information content (AvgIpc) is 3.41. The fourth-order valence-corrected chi connectivity index (χ4v) is 3.16. The van der Waals surface area contributed by atoms with Gasteiger partial charge in [-0.3, -0.25) is 15.1 Å². The number of nitrogens with zero attached hydrogens (tertiary/aromatic N) is 7. The minimum absolute atomic E-state index is 0.0580. The molecule has 11 heteroatoms. The first-order valence-electron chi connectivity index (χ1n) is 8.68. The first kappa shape index (κ1) is 18.7. The van der Waals surface area contributed by atoms with Gasteiger partial charge in [0.25, 0.3) is 5.69 Å². The molecule has 0 aliphatic heterocycles. The van der Waals surface area contributed by atoms with Crippen LogP contribution < -0.4 is 0 Å². The number of nitro groups is 1. The Hall–Kier alpha value is -3.60. The van der Waals surface area contributed by atoms with Gasteiger partial charge in [0.2, 0.25) is 11.8 Å². The molecule has 4 aromatic rings. The van der Waals surface area contributed by atoms with Gasteiger partial charge >= 0.3 is 0 Å². The van der Waals surface area contributed by atoms with E-state index in [0.717, 1.165) is 5.56 Å². The maximum Gasteiger partial charge on any atom is 0.270 e. The van der Waals surface area contributed by atoms with E-state index >= 15 is 0 Å². The van der Waals surface area contributed by atoms with Crippen LogP contribution in [0.15, 0.2) is 53.2 Å². The summed E-state index contributed by atoms with van der Waals surface area (Å²) in [5, 5.41) is 26.9. The Morgan fingerprint density at radius 2 is 1.93 bits per heavy atom. The summed E-state index contributed by atoms with van der Waals surface area (Å²) in [6.07, 6.45) is 3.37. The highest BCUT2D eigenvalue weighted by Gasteiger charge is 2.25. The Balaban J connectivity index is 1.66. The number of hydrogen-bond acceptors (Lipinski definition) is 9. The van der Waals surface area contributed by atoms with E-state index in [4.69, 9.17) is 4.42 Å². The van der Waals surface area contributed by atoms with E-state index in [1.807, 2.05) is 23.6 Å². The molecule has 146 valence electrons. The molecule has 1 atom stereocenters. The third kappa shape index (κ3) is 3.59. The number of aromatic nitrogens is 6. The maximum atomic E-state index is 11.0. The number of pyridine rings is 1. The van der Waals surface area contributed by atoms with Crippen molar-refractivity contribution in [1.82, 2.24) is 29.9 Å². The van der Waals surface area contributed by atoms with Crippen LogP contribution in [0.2, 0.25) is 0 Å². The van der Waals surface area contributed by atoms with Gasteiger partial charge < -0.3 is 8.98 Å². The summed E-state index contributed by atoms with van der Waals surface area (Å²) in [5.74, 6) is 1.62. The number of thiol groups is 1. The Morgan fingerprint density at radius 3 is 2.66 bits per heavy atom. The fraction of sp³-hybridized carbons (Fsp3) is 0.167. The molecule has 3 heterocycles. The molecule has 0 saturated carbocycles. The number of nitro benzene ring substituents is 1. The highest BCUT2D eigenvalue weighted by Crippen LogP contribution is 2.31. The summed E-state index contributed by atoms with van der Waals surface area (Å²) in [6, 6.07) is 9.69. The highest BCUT2D eigenvalue weighted by atomic mass is 32.1. The molecule has 29 heavy (non-hydrogen) atoms. The molecule has 0 aliphatic rings. The largest absolute Gasteiger partial charge is 0.419 e. The Labute approximate surface area is 170 Å². The van der Waals surface area contributed by atoms with Gasteiger partial charge in [-0.05, 0) is 25.1 Å². The van der Waals surface area contributed by atoms with Gasteiger partial charge in [-0.25, -0.2) is 0 Å². The van der Waals surface area contributed by atoms with Crippen LogP contribution in [0.25, 0.3) is 22.8 Å². The van der Waals surface area contributed by atoms with Crippen molar-refractivity contribution in [3.8, 4) is 22.8 Å². The van der Waals surface area contributed by atoms with Crippen LogP contribution in [0.3, 0.4) is 0 Å². The van der Waals surface area contributed by atoms with Crippen molar-refractivity contribution < 1.29 is 9.34 Å². The van der Waals surface area contributed by atoms with E-state index in [9.17, 15) is 10.1 Å².